The van der Waals surface area contributed by atoms with Crippen molar-refractivity contribution in [2.24, 2.45) is 0 Å². The summed E-state index contributed by atoms with van der Waals surface area (Å²) in [5, 5.41) is 7.09. The molecule has 0 spiro atoms. The highest BCUT2D eigenvalue weighted by Crippen LogP contribution is 2.40. The Bertz CT molecular complexity index is 865. The van der Waals surface area contributed by atoms with Gasteiger partial charge >= 0.3 is 5.97 Å². The largest absolute Gasteiger partial charge is 0.462 e. The fraction of sp³-hybridized carbons (Fsp3) is 0.176. The first-order chi connectivity index (χ1) is 11.3. The summed E-state index contributed by atoms with van der Waals surface area (Å²) in [5.74, 6) is 0.371. The predicted molar refractivity (Wildman–Crippen MR) is 85.0 cm³/mol. The number of benzene rings is 1. The maximum atomic E-state index is 12.2. The molecule has 0 saturated heterocycles. The van der Waals surface area contributed by atoms with Gasteiger partial charge in [-0.15, -0.1) is 0 Å². The third kappa shape index (κ3) is 2.19. The van der Waals surface area contributed by atoms with Gasteiger partial charge in [0.05, 0.1) is 24.9 Å². The summed E-state index contributed by atoms with van der Waals surface area (Å²) in [4.78, 5) is 15.4. The molecule has 0 bridgehead atoms. The second-order valence-electron chi connectivity index (χ2n) is 5.27. The molecule has 6 heteroatoms. The number of H-pyrrole nitrogens is 1. The number of rotatable bonds is 3. The predicted octanol–water partition coefficient (Wildman–Crippen LogP) is 3.44. The molecular formula is C17H15N3O3. The first-order valence-electron chi connectivity index (χ1n) is 7.44. The molecule has 6 nitrogen and oxygen atoms in total. The number of anilines is 1. The van der Waals surface area contributed by atoms with Gasteiger partial charge in [-0.2, -0.15) is 0 Å². The van der Waals surface area contributed by atoms with E-state index in [1.54, 1.807) is 19.3 Å². The Morgan fingerprint density at radius 3 is 3.09 bits per heavy atom. The number of hydrogen-bond donors (Lipinski definition) is 2. The molecule has 4 rings (SSSR count). The molecule has 2 aromatic heterocycles. The number of esters is 1. The van der Waals surface area contributed by atoms with Crippen molar-refractivity contribution >= 4 is 11.7 Å². The summed E-state index contributed by atoms with van der Waals surface area (Å²) in [6, 6.07) is 7.76. The molecule has 0 fully saturated rings. The number of nitrogens with one attached hydrogen (secondary N) is 2. The van der Waals surface area contributed by atoms with Crippen LogP contribution < -0.4 is 5.32 Å². The molecule has 2 N–H and O–H groups in total. The van der Waals surface area contributed by atoms with E-state index in [0.29, 0.717) is 24.5 Å². The molecule has 0 atom stereocenters. The van der Waals surface area contributed by atoms with E-state index in [9.17, 15) is 4.79 Å². The van der Waals surface area contributed by atoms with Crippen molar-refractivity contribution in [2.75, 3.05) is 11.9 Å². The zero-order valence-corrected chi connectivity index (χ0v) is 12.6. The van der Waals surface area contributed by atoms with E-state index < -0.39 is 0 Å². The zero-order valence-electron chi connectivity index (χ0n) is 12.6. The van der Waals surface area contributed by atoms with E-state index in [-0.39, 0.29) is 5.97 Å². The van der Waals surface area contributed by atoms with E-state index in [0.717, 1.165) is 28.1 Å². The van der Waals surface area contributed by atoms with Crippen molar-refractivity contribution in [1.29, 1.82) is 0 Å². The minimum atomic E-state index is -0.317. The standard InChI is InChI=1S/C17H15N3O3/c1-2-22-17(21)12-8-18-14-9-19-13-4-3-10(7-11(13)16(12)14)15-5-6-20-23-15/h3-8,18-19H,2,9H2,1H3. The summed E-state index contributed by atoms with van der Waals surface area (Å²) in [7, 11) is 0. The van der Waals surface area contributed by atoms with Gasteiger partial charge in [-0.25, -0.2) is 4.79 Å². The Balaban J connectivity index is 1.86. The summed E-state index contributed by atoms with van der Waals surface area (Å²) >= 11 is 0. The lowest BCUT2D eigenvalue weighted by molar-refractivity contribution is 0.0527. The van der Waals surface area contributed by atoms with Crippen LogP contribution in [-0.2, 0) is 11.3 Å². The fourth-order valence-corrected chi connectivity index (χ4v) is 2.89. The van der Waals surface area contributed by atoms with Crippen LogP contribution in [0.15, 0.2) is 41.2 Å². The summed E-state index contributed by atoms with van der Waals surface area (Å²) in [6.45, 7) is 2.79. The number of ether oxygens (including phenoxy) is 1. The molecule has 0 radical (unpaired) electrons. The Kier molecular flexibility index (Phi) is 3.15. The lowest BCUT2D eigenvalue weighted by Crippen LogP contribution is -2.11. The third-order valence-electron chi connectivity index (χ3n) is 3.92. The minimum Gasteiger partial charge on any atom is -0.462 e. The molecule has 23 heavy (non-hydrogen) atoms. The molecule has 0 amide bonds. The van der Waals surface area contributed by atoms with Gasteiger partial charge in [-0.05, 0) is 25.1 Å². The normalized spacial score (nSPS) is 12.2. The van der Waals surface area contributed by atoms with Crippen molar-refractivity contribution in [3.63, 3.8) is 0 Å². The molecule has 3 aromatic rings. The van der Waals surface area contributed by atoms with Gasteiger partial charge in [-0.3, -0.25) is 0 Å². The summed E-state index contributed by atoms with van der Waals surface area (Å²) in [5.41, 5.74) is 5.25. The fourth-order valence-electron chi connectivity index (χ4n) is 2.89. The highest BCUT2D eigenvalue weighted by atomic mass is 16.5. The highest BCUT2D eigenvalue weighted by Gasteiger charge is 2.25. The average molecular weight is 309 g/mol. The maximum Gasteiger partial charge on any atom is 0.340 e. The van der Waals surface area contributed by atoms with Crippen molar-refractivity contribution in [2.45, 2.75) is 13.5 Å². The molecule has 116 valence electrons. The van der Waals surface area contributed by atoms with Gasteiger partial charge in [0.1, 0.15) is 0 Å². The van der Waals surface area contributed by atoms with Gasteiger partial charge in [0.15, 0.2) is 5.76 Å². The Labute approximate surface area is 132 Å². The van der Waals surface area contributed by atoms with Crippen LogP contribution in [0, 0.1) is 0 Å². The van der Waals surface area contributed by atoms with E-state index >= 15 is 0 Å². The summed E-state index contributed by atoms with van der Waals surface area (Å²) < 4.78 is 10.4. The second kappa shape index (κ2) is 5.31. The summed E-state index contributed by atoms with van der Waals surface area (Å²) in [6.07, 6.45) is 3.32. The van der Waals surface area contributed by atoms with Crippen LogP contribution in [0.3, 0.4) is 0 Å². The van der Waals surface area contributed by atoms with Crippen LogP contribution in [0.5, 0.6) is 0 Å². The van der Waals surface area contributed by atoms with Crippen LogP contribution >= 0.6 is 0 Å². The number of hydrogen-bond acceptors (Lipinski definition) is 5. The third-order valence-corrected chi connectivity index (χ3v) is 3.92. The van der Waals surface area contributed by atoms with Gasteiger partial charge < -0.3 is 19.6 Å². The van der Waals surface area contributed by atoms with Gasteiger partial charge in [0.25, 0.3) is 0 Å². The van der Waals surface area contributed by atoms with Crippen LogP contribution in [-0.4, -0.2) is 22.7 Å². The number of fused-ring (bicyclic) bond motifs is 3. The number of aromatic nitrogens is 2. The van der Waals surface area contributed by atoms with Gasteiger partial charge in [0, 0.05) is 40.3 Å². The first-order valence-corrected chi connectivity index (χ1v) is 7.44. The molecule has 0 unspecified atom stereocenters. The molecule has 1 aliphatic rings. The van der Waals surface area contributed by atoms with Crippen molar-refractivity contribution in [3.8, 4) is 22.5 Å². The molecule has 0 saturated carbocycles. The first kappa shape index (κ1) is 13.6. The van der Waals surface area contributed by atoms with Crippen LogP contribution in [0.4, 0.5) is 5.69 Å². The van der Waals surface area contributed by atoms with Crippen LogP contribution in [0.25, 0.3) is 22.5 Å². The zero-order chi connectivity index (χ0) is 15.8. The smallest absolute Gasteiger partial charge is 0.340 e. The number of aromatic amines is 1. The van der Waals surface area contributed by atoms with E-state index in [2.05, 4.69) is 15.5 Å². The number of nitrogens with zero attached hydrogens (tertiary/aromatic N) is 1. The lowest BCUT2D eigenvalue weighted by atomic mass is 9.94. The van der Waals surface area contributed by atoms with Gasteiger partial charge in [-0.1, -0.05) is 5.16 Å². The van der Waals surface area contributed by atoms with Crippen LogP contribution in [0.1, 0.15) is 23.0 Å². The molecule has 1 aliphatic heterocycles. The molecule has 1 aromatic carbocycles. The minimum absolute atomic E-state index is 0.317. The van der Waals surface area contributed by atoms with E-state index in [4.69, 9.17) is 9.26 Å². The Hall–Kier alpha value is -3.02. The number of carbonyl (C=O) groups excluding carboxylic acids is 1. The maximum absolute atomic E-state index is 12.2. The quantitative estimate of drug-likeness (QED) is 0.724. The average Bonchev–Trinajstić information content (AvgIpc) is 3.24. The Morgan fingerprint density at radius 2 is 2.30 bits per heavy atom. The second-order valence-corrected chi connectivity index (χ2v) is 5.27. The van der Waals surface area contributed by atoms with E-state index in [1.807, 2.05) is 24.3 Å². The monoisotopic (exact) mass is 309 g/mol. The number of carbonyl (C=O) groups is 1. The lowest BCUT2D eigenvalue weighted by Gasteiger charge is -2.20. The van der Waals surface area contributed by atoms with Crippen LogP contribution in [0.2, 0.25) is 0 Å². The molecule has 3 heterocycles. The molecule has 0 aliphatic carbocycles. The van der Waals surface area contributed by atoms with Crippen molar-refractivity contribution in [1.82, 2.24) is 10.1 Å². The van der Waals surface area contributed by atoms with Gasteiger partial charge in [0.2, 0.25) is 0 Å². The van der Waals surface area contributed by atoms with E-state index in [1.165, 1.54) is 0 Å². The molecular weight excluding hydrogens is 294 g/mol. The highest BCUT2D eigenvalue weighted by molar-refractivity contribution is 6.01. The SMILES string of the molecule is CCOC(=O)c1c[nH]c2c1-c1cc(-c3ccno3)ccc1NC2. The topological polar surface area (TPSA) is 80.2 Å². The van der Waals surface area contributed by atoms with Crippen molar-refractivity contribution in [3.05, 3.63) is 47.9 Å². The Morgan fingerprint density at radius 1 is 1.39 bits per heavy atom. The van der Waals surface area contributed by atoms with Crippen molar-refractivity contribution < 1.29 is 14.1 Å².